The molecular formula is C7H14ClNO2S. The van der Waals surface area contributed by atoms with Crippen molar-refractivity contribution in [2.24, 2.45) is 0 Å². The third-order valence-electron chi connectivity index (χ3n) is 2.09. The third kappa shape index (κ3) is 2.12. The molecule has 5 heteroatoms. The first kappa shape index (κ1) is 10.3. The molecular weight excluding hydrogens is 198 g/mol. The lowest BCUT2D eigenvalue weighted by Crippen LogP contribution is -2.41. The smallest absolute Gasteiger partial charge is 0.212 e. The topological polar surface area (TPSA) is 46.2 Å². The Bertz CT molecular complexity index is 257. The van der Waals surface area contributed by atoms with Gasteiger partial charge in [-0.25, -0.2) is 13.1 Å². The maximum atomic E-state index is 11.4. The molecule has 72 valence electrons. The maximum absolute atomic E-state index is 11.4. The first-order valence-corrected chi connectivity index (χ1v) is 6.09. The van der Waals surface area contributed by atoms with Crippen LogP contribution in [0, 0.1) is 0 Å². The summed E-state index contributed by atoms with van der Waals surface area (Å²) in [6, 6.07) is 0. The van der Waals surface area contributed by atoms with Crippen molar-refractivity contribution < 1.29 is 8.42 Å². The van der Waals surface area contributed by atoms with E-state index >= 15 is 0 Å². The Morgan fingerprint density at radius 1 is 1.50 bits per heavy atom. The van der Waals surface area contributed by atoms with Gasteiger partial charge >= 0.3 is 0 Å². The van der Waals surface area contributed by atoms with Crippen LogP contribution in [-0.4, -0.2) is 25.1 Å². The Hall–Kier alpha value is 0.200. The summed E-state index contributed by atoms with van der Waals surface area (Å²) in [6.07, 6.45) is 1.73. The number of nitrogens with one attached hydrogen (secondary N) is 1. The first-order chi connectivity index (χ1) is 5.42. The molecule has 1 rings (SSSR count). The molecule has 0 aromatic rings. The van der Waals surface area contributed by atoms with Gasteiger partial charge < -0.3 is 0 Å². The Morgan fingerprint density at radius 3 is 2.25 bits per heavy atom. The molecule has 12 heavy (non-hydrogen) atoms. The fraction of sp³-hybridized carbons (Fsp3) is 1.00. The Morgan fingerprint density at radius 2 is 2.00 bits per heavy atom. The number of halogens is 1. The Balaban J connectivity index is 2.62. The number of rotatable bonds is 4. The summed E-state index contributed by atoms with van der Waals surface area (Å²) in [4.78, 5) is 0. The highest BCUT2D eigenvalue weighted by Crippen LogP contribution is 2.37. The second-order valence-corrected chi connectivity index (χ2v) is 6.11. The third-order valence-corrected chi connectivity index (χ3v) is 4.56. The van der Waals surface area contributed by atoms with Gasteiger partial charge in [-0.3, -0.25) is 0 Å². The molecule has 0 atom stereocenters. The van der Waals surface area contributed by atoms with Crippen molar-refractivity contribution >= 4 is 21.6 Å². The molecule has 0 heterocycles. The van der Waals surface area contributed by atoms with Crippen molar-refractivity contribution in [3.8, 4) is 0 Å². The molecule has 0 saturated heterocycles. The van der Waals surface area contributed by atoms with Gasteiger partial charge in [0.15, 0.2) is 0 Å². The van der Waals surface area contributed by atoms with Crippen LogP contribution >= 0.6 is 11.6 Å². The van der Waals surface area contributed by atoms with Gasteiger partial charge in [0.1, 0.15) is 0 Å². The van der Waals surface area contributed by atoms with E-state index in [1.165, 1.54) is 0 Å². The number of sulfonamides is 1. The molecule has 1 N–H and O–H groups in total. The first-order valence-electron chi connectivity index (χ1n) is 4.01. The molecule has 0 bridgehead atoms. The predicted molar refractivity (Wildman–Crippen MR) is 49.9 cm³/mol. The van der Waals surface area contributed by atoms with E-state index in [2.05, 4.69) is 4.72 Å². The molecule has 0 aromatic carbocycles. The van der Waals surface area contributed by atoms with Crippen LogP contribution < -0.4 is 4.72 Å². The molecule has 3 nitrogen and oxygen atoms in total. The van der Waals surface area contributed by atoms with Gasteiger partial charge in [0.2, 0.25) is 10.0 Å². The fourth-order valence-corrected chi connectivity index (χ4v) is 2.36. The van der Waals surface area contributed by atoms with Crippen LogP contribution in [-0.2, 0) is 10.0 Å². The second kappa shape index (κ2) is 3.16. The summed E-state index contributed by atoms with van der Waals surface area (Å²) in [5.74, 6) is 0.374. The van der Waals surface area contributed by atoms with E-state index in [4.69, 9.17) is 11.6 Å². The van der Waals surface area contributed by atoms with Crippen LogP contribution in [0.1, 0.15) is 26.7 Å². The molecule has 0 spiro atoms. The van der Waals surface area contributed by atoms with Gasteiger partial charge in [0.05, 0.1) is 5.25 Å². The van der Waals surface area contributed by atoms with Gasteiger partial charge in [-0.1, -0.05) is 0 Å². The van der Waals surface area contributed by atoms with Crippen LogP contribution in [0.15, 0.2) is 0 Å². The van der Waals surface area contributed by atoms with Gasteiger partial charge in [0.25, 0.3) is 0 Å². The molecule has 1 aliphatic carbocycles. The fourth-order valence-electron chi connectivity index (χ4n) is 0.833. The summed E-state index contributed by atoms with van der Waals surface area (Å²) in [7, 11) is -3.14. The van der Waals surface area contributed by atoms with Crippen molar-refractivity contribution in [1.82, 2.24) is 4.72 Å². The average molecular weight is 212 g/mol. The van der Waals surface area contributed by atoms with Crippen LogP contribution in [0.5, 0.6) is 0 Å². The number of alkyl halides is 1. The average Bonchev–Trinajstić information content (AvgIpc) is 2.68. The van der Waals surface area contributed by atoms with Crippen molar-refractivity contribution in [3.05, 3.63) is 0 Å². The molecule has 0 aliphatic heterocycles. The van der Waals surface area contributed by atoms with Gasteiger partial charge in [-0.2, -0.15) is 0 Å². The minimum Gasteiger partial charge on any atom is -0.212 e. The van der Waals surface area contributed by atoms with E-state index in [1.54, 1.807) is 13.8 Å². The maximum Gasteiger partial charge on any atom is 0.214 e. The molecule has 0 aromatic heterocycles. The van der Waals surface area contributed by atoms with Gasteiger partial charge in [0, 0.05) is 11.4 Å². The Labute approximate surface area is 78.5 Å². The zero-order valence-electron chi connectivity index (χ0n) is 7.30. The monoisotopic (exact) mass is 211 g/mol. The van der Waals surface area contributed by atoms with Crippen molar-refractivity contribution in [2.45, 2.75) is 37.5 Å². The van der Waals surface area contributed by atoms with Crippen molar-refractivity contribution in [1.29, 1.82) is 0 Å². The van der Waals surface area contributed by atoms with E-state index in [9.17, 15) is 8.42 Å². The zero-order chi connectivity index (χ0) is 9.41. The summed E-state index contributed by atoms with van der Waals surface area (Å²) in [5.41, 5.74) is -0.315. The van der Waals surface area contributed by atoms with Crippen LogP contribution in [0.4, 0.5) is 0 Å². The van der Waals surface area contributed by atoms with Gasteiger partial charge in [-0.15, -0.1) is 11.6 Å². The van der Waals surface area contributed by atoms with Crippen molar-refractivity contribution in [2.75, 3.05) is 5.88 Å². The van der Waals surface area contributed by atoms with E-state index < -0.39 is 10.0 Å². The highest BCUT2D eigenvalue weighted by Gasteiger charge is 2.45. The minimum atomic E-state index is -3.14. The molecule has 0 amide bonds. The standard InChI is InChI=1S/C7H14ClNO2S/c1-6(2)12(10,11)9-7(5-8)3-4-7/h6,9H,3-5H2,1-2H3. The van der Waals surface area contributed by atoms with Gasteiger partial charge in [-0.05, 0) is 26.7 Å². The van der Waals surface area contributed by atoms with E-state index in [0.29, 0.717) is 5.88 Å². The lowest BCUT2D eigenvalue weighted by Gasteiger charge is -2.16. The minimum absolute atomic E-state index is 0.315. The lowest BCUT2D eigenvalue weighted by atomic mass is 10.4. The quantitative estimate of drug-likeness (QED) is 0.708. The van der Waals surface area contributed by atoms with Crippen LogP contribution in [0.25, 0.3) is 0 Å². The second-order valence-electron chi connectivity index (χ2n) is 3.61. The SMILES string of the molecule is CC(C)S(=O)(=O)NC1(CCl)CC1. The summed E-state index contributed by atoms with van der Waals surface area (Å²) < 4.78 is 25.4. The highest BCUT2D eigenvalue weighted by molar-refractivity contribution is 7.90. The number of hydrogen-bond acceptors (Lipinski definition) is 2. The molecule has 1 aliphatic rings. The zero-order valence-corrected chi connectivity index (χ0v) is 8.87. The summed E-state index contributed by atoms with van der Waals surface area (Å²) >= 11 is 5.64. The Kier molecular flexibility index (Phi) is 2.71. The van der Waals surface area contributed by atoms with Crippen LogP contribution in [0.3, 0.4) is 0 Å². The summed E-state index contributed by atoms with van der Waals surface area (Å²) in [5, 5.41) is -0.377. The lowest BCUT2D eigenvalue weighted by molar-refractivity contribution is 0.551. The van der Waals surface area contributed by atoms with E-state index in [1.807, 2.05) is 0 Å². The van der Waals surface area contributed by atoms with Crippen LogP contribution in [0.2, 0.25) is 0 Å². The number of hydrogen-bond donors (Lipinski definition) is 1. The molecule has 0 radical (unpaired) electrons. The largest absolute Gasteiger partial charge is 0.214 e. The van der Waals surface area contributed by atoms with Crippen molar-refractivity contribution in [3.63, 3.8) is 0 Å². The highest BCUT2D eigenvalue weighted by atomic mass is 35.5. The summed E-state index contributed by atoms with van der Waals surface area (Å²) in [6.45, 7) is 3.32. The van der Waals surface area contributed by atoms with E-state index in [-0.39, 0.29) is 10.8 Å². The molecule has 0 unspecified atom stereocenters. The molecule has 1 saturated carbocycles. The predicted octanol–water partition coefficient (Wildman–Crippen LogP) is 1.09. The van der Waals surface area contributed by atoms with E-state index in [0.717, 1.165) is 12.8 Å². The normalized spacial score (nSPS) is 21.3. The molecule has 1 fully saturated rings.